The summed E-state index contributed by atoms with van der Waals surface area (Å²) in [7, 11) is 1.30. The van der Waals surface area contributed by atoms with Gasteiger partial charge >= 0.3 is 11.9 Å². The molecule has 1 aliphatic rings. The van der Waals surface area contributed by atoms with Gasteiger partial charge < -0.3 is 24.7 Å². The van der Waals surface area contributed by atoms with Gasteiger partial charge in [0.15, 0.2) is 6.61 Å². The zero-order valence-electron chi connectivity index (χ0n) is 19.4. The fourth-order valence-corrected chi connectivity index (χ4v) is 4.07. The van der Waals surface area contributed by atoms with Crippen LogP contribution in [0.5, 0.6) is 17.2 Å². The number of halogens is 1. The molecule has 3 aromatic carbocycles. The van der Waals surface area contributed by atoms with E-state index in [9.17, 15) is 14.9 Å². The molecular weight excluding hydrogens is 484 g/mol. The molecule has 0 aromatic heterocycles. The number of hydrogen-bond donors (Lipinski definition) is 1. The number of esters is 2. The van der Waals surface area contributed by atoms with Crippen LogP contribution in [0, 0.1) is 18.3 Å². The summed E-state index contributed by atoms with van der Waals surface area (Å²) >= 11 is 5.94. The minimum atomic E-state index is -0.615. The second kappa shape index (κ2) is 10.4. The van der Waals surface area contributed by atoms with Crippen LogP contribution in [-0.4, -0.2) is 25.7 Å². The van der Waals surface area contributed by atoms with Crippen molar-refractivity contribution < 1.29 is 28.5 Å². The molecule has 0 radical (unpaired) electrons. The maximum absolute atomic E-state index is 12.4. The van der Waals surface area contributed by atoms with Crippen LogP contribution in [0.3, 0.4) is 0 Å². The summed E-state index contributed by atoms with van der Waals surface area (Å²) in [5.41, 5.74) is 8.82. The summed E-state index contributed by atoms with van der Waals surface area (Å²) in [5.74, 6) is -0.587. The third-order valence-electron chi connectivity index (χ3n) is 5.57. The minimum absolute atomic E-state index is 0.0583. The first kappa shape index (κ1) is 24.6. The van der Waals surface area contributed by atoms with E-state index in [-0.39, 0.29) is 23.8 Å². The van der Waals surface area contributed by atoms with Gasteiger partial charge in [-0.05, 0) is 54.4 Å². The molecule has 4 rings (SSSR count). The highest BCUT2D eigenvalue weighted by Gasteiger charge is 2.31. The number of fused-ring (bicyclic) bond motifs is 1. The molecule has 0 spiro atoms. The molecule has 3 aromatic rings. The summed E-state index contributed by atoms with van der Waals surface area (Å²) in [6.45, 7) is 1.51. The van der Waals surface area contributed by atoms with Crippen LogP contribution in [0.15, 0.2) is 72.1 Å². The van der Waals surface area contributed by atoms with Crippen LogP contribution >= 0.6 is 11.6 Å². The molecule has 2 N–H and O–H groups in total. The first-order chi connectivity index (χ1) is 17.3. The Bertz CT molecular complexity index is 1410. The molecule has 1 atom stereocenters. The standard InChI is InChI=1S/C27H21ClN2O6/c1-15-11-18(28)7-10-22(15)34-14-24(31)35-19-8-9-20-23(12-19)36-26(30)21(13-29)25(20)16-3-5-17(6-4-16)27(32)33-2/h3-12,25H,14,30H2,1-2H3. The van der Waals surface area contributed by atoms with Crippen LogP contribution in [0.25, 0.3) is 0 Å². The molecule has 36 heavy (non-hydrogen) atoms. The van der Waals surface area contributed by atoms with Crippen molar-refractivity contribution in [3.8, 4) is 23.3 Å². The Balaban J connectivity index is 1.54. The third kappa shape index (κ3) is 5.11. The second-order valence-corrected chi connectivity index (χ2v) is 8.35. The number of ether oxygens (including phenoxy) is 4. The molecule has 0 saturated heterocycles. The first-order valence-corrected chi connectivity index (χ1v) is 11.2. The number of methoxy groups -OCH3 is 1. The zero-order valence-corrected chi connectivity index (χ0v) is 20.2. The maximum atomic E-state index is 12.4. The van der Waals surface area contributed by atoms with Crippen molar-refractivity contribution in [3.05, 3.63) is 99.4 Å². The number of benzene rings is 3. The van der Waals surface area contributed by atoms with Gasteiger partial charge in [-0.15, -0.1) is 0 Å². The topological polar surface area (TPSA) is 121 Å². The number of nitrogens with two attached hydrogens (primary N) is 1. The van der Waals surface area contributed by atoms with Gasteiger partial charge in [-0.2, -0.15) is 5.26 Å². The average Bonchev–Trinajstić information content (AvgIpc) is 2.87. The Kier molecular flexibility index (Phi) is 7.13. The Morgan fingerprint density at radius 2 is 1.86 bits per heavy atom. The predicted octanol–water partition coefficient (Wildman–Crippen LogP) is 4.64. The normalized spacial score (nSPS) is 14.2. The van der Waals surface area contributed by atoms with Crippen molar-refractivity contribution in [2.75, 3.05) is 13.7 Å². The predicted molar refractivity (Wildman–Crippen MR) is 131 cm³/mol. The van der Waals surface area contributed by atoms with Crippen LogP contribution in [0.4, 0.5) is 0 Å². The largest absolute Gasteiger partial charge is 0.482 e. The van der Waals surface area contributed by atoms with E-state index in [1.165, 1.54) is 13.2 Å². The van der Waals surface area contributed by atoms with Crippen molar-refractivity contribution in [2.45, 2.75) is 12.8 Å². The SMILES string of the molecule is COC(=O)c1ccc(C2C(C#N)=C(N)Oc3cc(OC(=O)COc4ccc(Cl)cc4C)ccc32)cc1. The average molecular weight is 505 g/mol. The summed E-state index contributed by atoms with van der Waals surface area (Å²) in [5, 5.41) is 10.3. The zero-order chi connectivity index (χ0) is 25.8. The van der Waals surface area contributed by atoms with E-state index in [1.807, 2.05) is 6.92 Å². The molecule has 1 aliphatic heterocycles. The van der Waals surface area contributed by atoms with Gasteiger partial charge in [0.05, 0.1) is 18.6 Å². The Hall–Kier alpha value is -4.48. The molecule has 0 bridgehead atoms. The highest BCUT2D eigenvalue weighted by Crippen LogP contribution is 2.43. The van der Waals surface area contributed by atoms with E-state index >= 15 is 0 Å². The Morgan fingerprint density at radius 1 is 1.11 bits per heavy atom. The van der Waals surface area contributed by atoms with E-state index in [0.717, 1.165) is 11.1 Å². The summed E-state index contributed by atoms with van der Waals surface area (Å²) in [6.07, 6.45) is 0. The summed E-state index contributed by atoms with van der Waals surface area (Å²) in [6, 6.07) is 18.7. The molecule has 0 amide bonds. The third-order valence-corrected chi connectivity index (χ3v) is 5.80. The van der Waals surface area contributed by atoms with Crippen LogP contribution in [0.1, 0.15) is 33.0 Å². The van der Waals surface area contributed by atoms with Crippen molar-refractivity contribution in [3.63, 3.8) is 0 Å². The Morgan fingerprint density at radius 3 is 2.53 bits per heavy atom. The lowest BCUT2D eigenvalue weighted by Crippen LogP contribution is -2.22. The molecule has 8 nitrogen and oxygen atoms in total. The lowest BCUT2D eigenvalue weighted by atomic mass is 9.83. The van der Waals surface area contributed by atoms with Gasteiger partial charge in [0.25, 0.3) is 0 Å². The maximum Gasteiger partial charge on any atom is 0.349 e. The van der Waals surface area contributed by atoms with Crippen molar-refractivity contribution >= 4 is 23.5 Å². The highest BCUT2D eigenvalue weighted by molar-refractivity contribution is 6.30. The monoisotopic (exact) mass is 504 g/mol. The molecule has 0 fully saturated rings. The molecule has 182 valence electrons. The van der Waals surface area contributed by atoms with E-state index < -0.39 is 17.9 Å². The number of rotatable bonds is 6. The number of carbonyl (C=O) groups is 2. The quantitative estimate of drug-likeness (QED) is 0.380. The van der Waals surface area contributed by atoms with Gasteiger partial charge in [-0.3, -0.25) is 0 Å². The fraction of sp³-hybridized carbons (Fsp3) is 0.148. The van der Waals surface area contributed by atoms with Gasteiger partial charge in [-0.1, -0.05) is 29.8 Å². The van der Waals surface area contributed by atoms with Gasteiger partial charge in [0.2, 0.25) is 5.88 Å². The van der Waals surface area contributed by atoms with Gasteiger partial charge in [0.1, 0.15) is 28.9 Å². The first-order valence-electron chi connectivity index (χ1n) is 10.8. The minimum Gasteiger partial charge on any atom is -0.482 e. The summed E-state index contributed by atoms with van der Waals surface area (Å²) in [4.78, 5) is 24.1. The van der Waals surface area contributed by atoms with E-state index in [2.05, 4.69) is 6.07 Å². The fourth-order valence-electron chi connectivity index (χ4n) is 3.84. The number of carbonyl (C=O) groups excluding carboxylic acids is 2. The van der Waals surface area contributed by atoms with E-state index in [1.54, 1.807) is 54.6 Å². The number of allylic oxidation sites excluding steroid dienone is 1. The lowest BCUT2D eigenvalue weighted by molar-refractivity contribution is -0.136. The van der Waals surface area contributed by atoms with Crippen LogP contribution in [0.2, 0.25) is 5.02 Å². The van der Waals surface area contributed by atoms with E-state index in [4.69, 9.17) is 36.3 Å². The van der Waals surface area contributed by atoms with Crippen LogP contribution < -0.4 is 19.9 Å². The molecule has 1 unspecified atom stereocenters. The number of nitriles is 1. The van der Waals surface area contributed by atoms with Crippen molar-refractivity contribution in [1.29, 1.82) is 5.26 Å². The van der Waals surface area contributed by atoms with Gasteiger partial charge in [0, 0.05) is 16.7 Å². The number of nitrogens with zero attached hydrogens (tertiary/aromatic N) is 1. The van der Waals surface area contributed by atoms with Gasteiger partial charge in [-0.25, -0.2) is 9.59 Å². The number of hydrogen-bond acceptors (Lipinski definition) is 8. The molecule has 0 aliphatic carbocycles. The van der Waals surface area contributed by atoms with E-state index in [0.29, 0.717) is 27.6 Å². The highest BCUT2D eigenvalue weighted by atomic mass is 35.5. The second-order valence-electron chi connectivity index (χ2n) is 7.91. The molecular formula is C27H21ClN2O6. The molecule has 0 saturated carbocycles. The molecule has 9 heteroatoms. The van der Waals surface area contributed by atoms with Crippen molar-refractivity contribution in [1.82, 2.24) is 0 Å². The number of aryl methyl sites for hydroxylation is 1. The Labute approximate surface area is 212 Å². The lowest BCUT2D eigenvalue weighted by Gasteiger charge is -2.26. The molecule has 1 heterocycles. The van der Waals surface area contributed by atoms with Crippen LogP contribution in [-0.2, 0) is 9.53 Å². The van der Waals surface area contributed by atoms with Crippen molar-refractivity contribution in [2.24, 2.45) is 5.73 Å². The smallest absolute Gasteiger partial charge is 0.349 e. The summed E-state index contributed by atoms with van der Waals surface area (Å²) < 4.78 is 21.3.